The molecule has 2 aliphatic heterocycles. The Balaban J connectivity index is 1.69. The molecule has 0 aromatic heterocycles. The first-order chi connectivity index (χ1) is 16.1. The molecule has 1 saturated heterocycles. The molecule has 2 fully saturated rings. The van der Waals surface area contributed by atoms with Gasteiger partial charge in [-0.1, -0.05) is 68.5 Å². The highest BCUT2D eigenvalue weighted by Gasteiger charge is 2.72. The van der Waals surface area contributed by atoms with Crippen LogP contribution in [0.3, 0.4) is 0 Å². The minimum atomic E-state index is -2.04. The summed E-state index contributed by atoms with van der Waals surface area (Å²) >= 11 is 0. The van der Waals surface area contributed by atoms with Crippen molar-refractivity contribution in [2.45, 2.75) is 50.8 Å². The van der Waals surface area contributed by atoms with Crippen LogP contribution in [-0.4, -0.2) is 34.5 Å². The van der Waals surface area contributed by atoms with Crippen LogP contribution < -0.4 is 10.2 Å². The van der Waals surface area contributed by atoms with E-state index in [0.29, 0.717) is 6.42 Å². The number of rotatable bonds is 4. The fourth-order valence-electron chi connectivity index (χ4n) is 6.76. The fraction of sp³-hybridized carbons (Fsp3) is 0.393. The molecule has 2 aromatic carbocycles. The number of anilines is 1. The quantitative estimate of drug-likeness (QED) is 0.690. The Bertz CT molecular complexity index is 1210. The second-order valence-corrected chi connectivity index (χ2v) is 10.5. The van der Waals surface area contributed by atoms with Crippen molar-refractivity contribution in [3.05, 3.63) is 78.4 Å². The molecule has 2 amide bonds. The van der Waals surface area contributed by atoms with E-state index in [2.05, 4.69) is 11.9 Å². The topological polar surface area (TPSA) is 86.7 Å². The average Bonchev–Trinajstić information content (AvgIpc) is 3.30. The molecular formula is C28H30N2O4. The first kappa shape index (κ1) is 22.5. The molecule has 3 aliphatic rings. The van der Waals surface area contributed by atoms with Gasteiger partial charge in [0.1, 0.15) is 0 Å². The maximum Gasteiger partial charge on any atom is 0.226 e. The normalized spacial score (nSPS) is 32.0. The van der Waals surface area contributed by atoms with Crippen molar-refractivity contribution in [3.8, 4) is 0 Å². The van der Waals surface area contributed by atoms with Gasteiger partial charge in [0, 0.05) is 24.4 Å². The number of ketones is 1. The number of carbonyl (C=O) groups excluding carboxylic acids is 3. The summed E-state index contributed by atoms with van der Waals surface area (Å²) in [6, 6.07) is 16.2. The van der Waals surface area contributed by atoms with Gasteiger partial charge in [0.05, 0.1) is 17.9 Å². The minimum Gasteiger partial charge on any atom is -0.364 e. The number of aliphatic hydroxyl groups is 1. The summed E-state index contributed by atoms with van der Waals surface area (Å²) < 4.78 is 0. The van der Waals surface area contributed by atoms with Crippen LogP contribution in [0.5, 0.6) is 0 Å². The van der Waals surface area contributed by atoms with E-state index in [1.165, 1.54) is 6.92 Å². The SMILES string of the molecule is C=CC(C)(C)[C@@]12CC3C(=O)NC(O)(Cc4ccccc4)C(=O)C3[C@@H]1N(C(C)=O)c1ccccc12. The number of piperidine rings is 1. The minimum absolute atomic E-state index is 0.0285. The molecule has 1 saturated carbocycles. The summed E-state index contributed by atoms with van der Waals surface area (Å²) in [4.78, 5) is 42.3. The number of nitrogens with one attached hydrogen (secondary N) is 1. The molecule has 0 bridgehead atoms. The summed E-state index contributed by atoms with van der Waals surface area (Å²) in [7, 11) is 0. The van der Waals surface area contributed by atoms with Crippen molar-refractivity contribution < 1.29 is 19.5 Å². The second-order valence-electron chi connectivity index (χ2n) is 10.5. The van der Waals surface area contributed by atoms with E-state index in [1.807, 2.05) is 74.5 Å². The number of hydrogen-bond acceptors (Lipinski definition) is 4. The maximum absolute atomic E-state index is 14.1. The van der Waals surface area contributed by atoms with Gasteiger partial charge in [-0.05, 0) is 29.0 Å². The highest BCUT2D eigenvalue weighted by atomic mass is 16.3. The first-order valence-electron chi connectivity index (χ1n) is 11.7. The van der Waals surface area contributed by atoms with E-state index < -0.39 is 40.2 Å². The standard InChI is InChI=1S/C28H30N2O4/c1-5-26(3,4)27-16-19-22(23(27)30(17(2)31)21-14-10-9-13-20(21)27)24(32)28(34,29-25(19)33)15-18-11-7-6-8-12-18/h5-14,19,22-23,34H,1,15-16H2,2-4H3,(H,29,33)/t19?,22?,23-,27+,28?/m0/s1. The van der Waals surface area contributed by atoms with Crippen LogP contribution >= 0.6 is 0 Å². The lowest BCUT2D eigenvalue weighted by atomic mass is 9.59. The molecule has 6 heteroatoms. The van der Waals surface area contributed by atoms with E-state index >= 15 is 0 Å². The molecule has 2 aromatic rings. The average molecular weight is 459 g/mol. The van der Waals surface area contributed by atoms with Gasteiger partial charge in [0.2, 0.25) is 17.5 Å². The van der Waals surface area contributed by atoms with Crippen molar-refractivity contribution in [2.75, 3.05) is 4.90 Å². The van der Waals surface area contributed by atoms with Gasteiger partial charge in [0.15, 0.2) is 5.78 Å². The zero-order valence-corrected chi connectivity index (χ0v) is 19.7. The van der Waals surface area contributed by atoms with E-state index in [-0.39, 0.29) is 18.2 Å². The third kappa shape index (κ3) is 2.81. The highest BCUT2D eigenvalue weighted by molar-refractivity contribution is 6.05. The van der Waals surface area contributed by atoms with Crippen LogP contribution in [0.15, 0.2) is 67.3 Å². The van der Waals surface area contributed by atoms with Crippen LogP contribution in [0.4, 0.5) is 5.69 Å². The van der Waals surface area contributed by atoms with Crippen molar-refractivity contribution in [2.24, 2.45) is 17.3 Å². The van der Waals surface area contributed by atoms with Crippen LogP contribution in [-0.2, 0) is 26.2 Å². The third-order valence-electron chi connectivity index (χ3n) is 8.42. The van der Waals surface area contributed by atoms with Crippen molar-refractivity contribution >= 4 is 23.3 Å². The zero-order chi connectivity index (χ0) is 24.5. The highest BCUT2D eigenvalue weighted by Crippen LogP contribution is 2.66. The molecule has 1 aliphatic carbocycles. The van der Waals surface area contributed by atoms with Gasteiger partial charge < -0.3 is 15.3 Å². The fourth-order valence-corrected chi connectivity index (χ4v) is 6.76. The predicted molar refractivity (Wildman–Crippen MR) is 129 cm³/mol. The Morgan fingerprint density at radius 2 is 1.82 bits per heavy atom. The molecule has 176 valence electrons. The summed E-state index contributed by atoms with van der Waals surface area (Å²) in [6.07, 6.45) is 2.22. The Hall–Kier alpha value is -3.25. The number of allylic oxidation sites excluding steroid dienone is 1. The Kier molecular flexibility index (Phi) is 4.89. The summed E-state index contributed by atoms with van der Waals surface area (Å²) in [6.45, 7) is 9.66. The Morgan fingerprint density at radius 1 is 1.18 bits per heavy atom. The number of para-hydroxylation sites is 1. The molecule has 2 heterocycles. The summed E-state index contributed by atoms with van der Waals surface area (Å²) in [5, 5.41) is 14.2. The molecule has 5 atom stereocenters. The van der Waals surface area contributed by atoms with Crippen molar-refractivity contribution in [3.63, 3.8) is 0 Å². The molecule has 0 radical (unpaired) electrons. The van der Waals surface area contributed by atoms with E-state index in [1.54, 1.807) is 4.90 Å². The zero-order valence-electron chi connectivity index (χ0n) is 19.7. The van der Waals surface area contributed by atoms with E-state index in [9.17, 15) is 19.5 Å². The van der Waals surface area contributed by atoms with E-state index in [4.69, 9.17) is 0 Å². The number of Topliss-reactive ketones (excluding diaryl/α,β-unsaturated/α-hetero) is 1. The smallest absolute Gasteiger partial charge is 0.226 e. The first-order valence-corrected chi connectivity index (χ1v) is 11.7. The molecule has 5 rings (SSSR count). The van der Waals surface area contributed by atoms with Crippen molar-refractivity contribution in [1.82, 2.24) is 5.32 Å². The number of amides is 2. The van der Waals surface area contributed by atoms with Gasteiger partial charge >= 0.3 is 0 Å². The Morgan fingerprint density at radius 3 is 2.47 bits per heavy atom. The van der Waals surface area contributed by atoms with Gasteiger partial charge in [-0.15, -0.1) is 6.58 Å². The summed E-state index contributed by atoms with van der Waals surface area (Å²) in [5.41, 5.74) is -0.818. The lowest BCUT2D eigenvalue weighted by molar-refractivity contribution is -0.162. The van der Waals surface area contributed by atoms with E-state index in [0.717, 1.165) is 16.8 Å². The van der Waals surface area contributed by atoms with Gasteiger partial charge in [-0.25, -0.2) is 0 Å². The molecule has 2 N–H and O–H groups in total. The van der Waals surface area contributed by atoms with Gasteiger partial charge in [-0.2, -0.15) is 0 Å². The number of nitrogens with zero attached hydrogens (tertiary/aromatic N) is 1. The largest absolute Gasteiger partial charge is 0.364 e. The van der Waals surface area contributed by atoms with Gasteiger partial charge in [0.25, 0.3) is 0 Å². The lowest BCUT2D eigenvalue weighted by Gasteiger charge is -2.46. The maximum atomic E-state index is 14.1. The molecule has 3 unspecified atom stereocenters. The summed E-state index contributed by atoms with van der Waals surface area (Å²) in [5.74, 6) is -2.46. The number of fused-ring (bicyclic) bond motifs is 5. The predicted octanol–water partition coefficient (Wildman–Crippen LogP) is 3.14. The molecule has 6 nitrogen and oxygen atoms in total. The number of carbonyl (C=O) groups is 3. The number of benzene rings is 2. The molecular weight excluding hydrogens is 428 g/mol. The van der Waals surface area contributed by atoms with Crippen LogP contribution in [0.25, 0.3) is 0 Å². The molecule has 34 heavy (non-hydrogen) atoms. The van der Waals surface area contributed by atoms with Crippen molar-refractivity contribution in [1.29, 1.82) is 0 Å². The monoisotopic (exact) mass is 458 g/mol. The third-order valence-corrected chi connectivity index (χ3v) is 8.42. The molecule has 0 spiro atoms. The number of hydrogen-bond donors (Lipinski definition) is 2. The Labute approximate surface area is 199 Å². The van der Waals surface area contributed by atoms with Gasteiger partial charge in [-0.3, -0.25) is 14.4 Å². The van der Waals surface area contributed by atoms with Crippen LogP contribution in [0, 0.1) is 17.3 Å². The second kappa shape index (κ2) is 7.37. The lowest BCUT2D eigenvalue weighted by Crippen LogP contribution is -2.67. The van der Waals surface area contributed by atoms with Crippen LogP contribution in [0.1, 0.15) is 38.3 Å². The van der Waals surface area contributed by atoms with Crippen LogP contribution in [0.2, 0.25) is 0 Å².